The van der Waals surface area contributed by atoms with E-state index in [1.807, 2.05) is 37.4 Å². The summed E-state index contributed by atoms with van der Waals surface area (Å²) in [7, 11) is 1.65. The van der Waals surface area contributed by atoms with Gasteiger partial charge in [-0.05, 0) is 59.0 Å². The summed E-state index contributed by atoms with van der Waals surface area (Å²) in [5.74, 6) is 0.820. The molecule has 2 aromatic rings. The molecule has 90 valence electrons. The molecule has 1 heterocycles. The van der Waals surface area contributed by atoms with Crippen LogP contribution in [0.2, 0.25) is 0 Å². The molecule has 0 spiro atoms. The Balaban J connectivity index is 2.38. The van der Waals surface area contributed by atoms with Crippen molar-refractivity contribution in [2.45, 2.75) is 20.0 Å². The number of hydrogen-bond acceptors (Lipinski definition) is 3. The van der Waals surface area contributed by atoms with Crippen LogP contribution in [0, 0.1) is 13.8 Å². The van der Waals surface area contributed by atoms with Gasteiger partial charge >= 0.3 is 0 Å². The molecule has 1 unspecified atom stereocenters. The van der Waals surface area contributed by atoms with Crippen molar-refractivity contribution >= 4 is 11.3 Å². The maximum Gasteiger partial charge on any atom is 0.119 e. The first-order chi connectivity index (χ1) is 8.13. The zero-order chi connectivity index (χ0) is 12.4. The van der Waals surface area contributed by atoms with E-state index >= 15 is 0 Å². The van der Waals surface area contributed by atoms with Gasteiger partial charge in [0, 0.05) is 0 Å². The number of benzene rings is 1. The fourth-order valence-electron chi connectivity index (χ4n) is 1.90. The monoisotopic (exact) mass is 248 g/mol. The lowest BCUT2D eigenvalue weighted by Gasteiger charge is -2.14. The van der Waals surface area contributed by atoms with Gasteiger partial charge in [-0.1, -0.05) is 6.07 Å². The molecular formula is C14H16O2S. The second kappa shape index (κ2) is 4.90. The largest absolute Gasteiger partial charge is 0.497 e. The van der Waals surface area contributed by atoms with Crippen LogP contribution < -0.4 is 4.74 Å². The third-order valence-corrected chi connectivity index (χ3v) is 3.84. The molecule has 0 aliphatic carbocycles. The van der Waals surface area contributed by atoms with Crippen LogP contribution in [0.1, 0.15) is 28.4 Å². The van der Waals surface area contributed by atoms with E-state index in [-0.39, 0.29) is 0 Å². The van der Waals surface area contributed by atoms with Gasteiger partial charge in [0.2, 0.25) is 0 Å². The van der Waals surface area contributed by atoms with E-state index in [0.717, 1.165) is 28.0 Å². The smallest absolute Gasteiger partial charge is 0.119 e. The third-order valence-electron chi connectivity index (χ3n) is 2.96. The lowest BCUT2D eigenvalue weighted by molar-refractivity contribution is 0.219. The predicted octanol–water partition coefficient (Wildman–Crippen LogP) is 3.46. The van der Waals surface area contributed by atoms with E-state index < -0.39 is 6.10 Å². The van der Waals surface area contributed by atoms with Gasteiger partial charge in [-0.15, -0.1) is 0 Å². The summed E-state index contributed by atoms with van der Waals surface area (Å²) in [6.45, 7) is 4.01. The maximum absolute atomic E-state index is 10.4. The lowest BCUT2D eigenvalue weighted by atomic mass is 9.97. The number of aryl methyl sites for hydroxylation is 2. The molecule has 1 atom stereocenters. The first-order valence-electron chi connectivity index (χ1n) is 5.48. The van der Waals surface area contributed by atoms with Crippen LogP contribution in [0.3, 0.4) is 0 Å². The Kier molecular flexibility index (Phi) is 3.50. The molecule has 2 nitrogen and oxygen atoms in total. The van der Waals surface area contributed by atoms with Gasteiger partial charge in [-0.25, -0.2) is 0 Å². The molecule has 0 aliphatic heterocycles. The molecule has 0 saturated carbocycles. The van der Waals surface area contributed by atoms with E-state index in [0.29, 0.717) is 0 Å². The summed E-state index contributed by atoms with van der Waals surface area (Å²) in [4.78, 5) is 0. The standard InChI is InChI=1S/C14H16O2S/c1-9-6-11(16-3)4-5-12(9)14(15)13-8-17-7-10(13)2/h4-8,14-15H,1-3H3. The highest BCUT2D eigenvalue weighted by Gasteiger charge is 2.15. The molecule has 2 rings (SSSR count). The summed E-state index contributed by atoms with van der Waals surface area (Å²) in [5, 5.41) is 14.4. The average Bonchev–Trinajstić information content (AvgIpc) is 2.74. The van der Waals surface area contributed by atoms with Gasteiger partial charge in [-0.3, -0.25) is 0 Å². The summed E-state index contributed by atoms with van der Waals surface area (Å²) in [5.41, 5.74) is 4.11. The minimum atomic E-state index is -0.549. The zero-order valence-electron chi connectivity index (χ0n) is 10.2. The number of ether oxygens (including phenoxy) is 1. The van der Waals surface area contributed by atoms with Crippen molar-refractivity contribution in [1.29, 1.82) is 0 Å². The maximum atomic E-state index is 10.4. The van der Waals surface area contributed by atoms with E-state index in [9.17, 15) is 5.11 Å². The number of aliphatic hydroxyl groups excluding tert-OH is 1. The van der Waals surface area contributed by atoms with Crippen molar-refractivity contribution in [3.8, 4) is 5.75 Å². The fourth-order valence-corrected chi connectivity index (χ4v) is 2.77. The number of thiophene rings is 1. The highest BCUT2D eigenvalue weighted by molar-refractivity contribution is 7.08. The van der Waals surface area contributed by atoms with Crippen LogP contribution in [-0.4, -0.2) is 12.2 Å². The highest BCUT2D eigenvalue weighted by atomic mass is 32.1. The topological polar surface area (TPSA) is 29.5 Å². The molecule has 1 aromatic heterocycles. The Bertz CT molecular complexity index is 517. The van der Waals surface area contributed by atoms with Crippen LogP contribution in [0.4, 0.5) is 0 Å². The minimum absolute atomic E-state index is 0.549. The lowest BCUT2D eigenvalue weighted by Crippen LogP contribution is -2.02. The number of rotatable bonds is 3. The van der Waals surface area contributed by atoms with Crippen molar-refractivity contribution in [2.24, 2.45) is 0 Å². The quantitative estimate of drug-likeness (QED) is 0.901. The molecule has 0 amide bonds. The SMILES string of the molecule is COc1ccc(C(O)c2cscc2C)c(C)c1. The van der Waals surface area contributed by atoms with Crippen LogP contribution in [0.15, 0.2) is 29.0 Å². The molecule has 0 saturated heterocycles. The third kappa shape index (κ3) is 2.35. The van der Waals surface area contributed by atoms with Gasteiger partial charge in [0.15, 0.2) is 0 Å². The summed E-state index contributed by atoms with van der Waals surface area (Å²) < 4.78 is 5.16. The van der Waals surface area contributed by atoms with E-state index in [4.69, 9.17) is 4.74 Å². The van der Waals surface area contributed by atoms with Crippen LogP contribution in [0.25, 0.3) is 0 Å². The van der Waals surface area contributed by atoms with Gasteiger partial charge in [-0.2, -0.15) is 11.3 Å². The van der Waals surface area contributed by atoms with Crippen LogP contribution >= 0.6 is 11.3 Å². The van der Waals surface area contributed by atoms with Crippen LogP contribution in [0.5, 0.6) is 5.75 Å². The number of hydrogen-bond donors (Lipinski definition) is 1. The highest BCUT2D eigenvalue weighted by Crippen LogP contribution is 2.30. The predicted molar refractivity (Wildman–Crippen MR) is 70.8 cm³/mol. The second-order valence-electron chi connectivity index (χ2n) is 4.14. The molecule has 0 aliphatic rings. The molecule has 1 N–H and O–H groups in total. The Hall–Kier alpha value is -1.32. The van der Waals surface area contributed by atoms with Gasteiger partial charge in [0.25, 0.3) is 0 Å². The second-order valence-corrected chi connectivity index (χ2v) is 4.88. The van der Waals surface area contributed by atoms with Crippen molar-refractivity contribution in [3.63, 3.8) is 0 Å². The van der Waals surface area contributed by atoms with Crippen molar-refractivity contribution in [1.82, 2.24) is 0 Å². The Labute approximate surface area is 105 Å². The molecule has 1 aromatic carbocycles. The Morgan fingerprint density at radius 3 is 2.41 bits per heavy atom. The van der Waals surface area contributed by atoms with Crippen molar-refractivity contribution in [2.75, 3.05) is 7.11 Å². The average molecular weight is 248 g/mol. The summed E-state index contributed by atoms with van der Waals surface area (Å²) in [6.07, 6.45) is -0.549. The molecule has 17 heavy (non-hydrogen) atoms. The van der Waals surface area contributed by atoms with E-state index in [1.54, 1.807) is 18.4 Å². The van der Waals surface area contributed by atoms with E-state index in [1.165, 1.54) is 0 Å². The molecular weight excluding hydrogens is 232 g/mol. The minimum Gasteiger partial charge on any atom is -0.497 e. The van der Waals surface area contributed by atoms with Gasteiger partial charge < -0.3 is 9.84 Å². The van der Waals surface area contributed by atoms with Crippen molar-refractivity contribution in [3.05, 3.63) is 51.2 Å². The molecule has 0 radical (unpaired) electrons. The van der Waals surface area contributed by atoms with Gasteiger partial charge in [0.1, 0.15) is 11.9 Å². The summed E-state index contributed by atoms with van der Waals surface area (Å²) in [6, 6.07) is 5.75. The fraction of sp³-hybridized carbons (Fsp3) is 0.286. The first-order valence-corrected chi connectivity index (χ1v) is 6.43. The number of methoxy groups -OCH3 is 1. The zero-order valence-corrected chi connectivity index (χ0v) is 11.0. The summed E-state index contributed by atoms with van der Waals surface area (Å²) >= 11 is 1.62. The van der Waals surface area contributed by atoms with Gasteiger partial charge in [0.05, 0.1) is 7.11 Å². The normalized spacial score (nSPS) is 12.5. The van der Waals surface area contributed by atoms with E-state index in [2.05, 4.69) is 5.38 Å². The Morgan fingerprint density at radius 1 is 1.12 bits per heavy atom. The molecule has 0 bridgehead atoms. The molecule has 0 fully saturated rings. The molecule has 3 heteroatoms. The Morgan fingerprint density at radius 2 is 1.88 bits per heavy atom. The number of aliphatic hydroxyl groups is 1. The first kappa shape index (κ1) is 12.1. The van der Waals surface area contributed by atoms with Crippen molar-refractivity contribution < 1.29 is 9.84 Å². The van der Waals surface area contributed by atoms with Crippen LogP contribution in [-0.2, 0) is 0 Å².